The molecular formula is C11H11ClO4. The molecule has 0 aromatic heterocycles. The van der Waals surface area contributed by atoms with Gasteiger partial charge < -0.3 is 9.84 Å². The highest BCUT2D eigenvalue weighted by Crippen LogP contribution is 2.26. The molecule has 0 aliphatic carbocycles. The second-order valence-electron chi connectivity index (χ2n) is 3.30. The molecule has 0 aliphatic rings. The van der Waals surface area contributed by atoms with Gasteiger partial charge in [0.1, 0.15) is 5.75 Å². The molecule has 1 rings (SSSR count). The molecule has 0 saturated carbocycles. The molecule has 86 valence electrons. The average molecular weight is 243 g/mol. The topological polar surface area (TPSA) is 63.6 Å². The number of aliphatic carboxylic acids is 1. The lowest BCUT2D eigenvalue weighted by Gasteiger charge is -2.12. The summed E-state index contributed by atoms with van der Waals surface area (Å²) in [5.41, 5.74) is 0.459. The van der Waals surface area contributed by atoms with Crippen LogP contribution in [0.3, 0.4) is 0 Å². The lowest BCUT2D eigenvalue weighted by atomic mass is 10.1. The van der Waals surface area contributed by atoms with Crippen LogP contribution >= 0.6 is 11.6 Å². The second kappa shape index (κ2) is 4.99. The highest BCUT2D eigenvalue weighted by atomic mass is 35.5. The first kappa shape index (κ1) is 12.5. The van der Waals surface area contributed by atoms with Crippen LogP contribution < -0.4 is 4.74 Å². The number of carbonyl (C=O) groups excluding carboxylic acids is 1. The predicted octanol–water partition coefficient (Wildman–Crippen LogP) is 2.39. The van der Waals surface area contributed by atoms with Gasteiger partial charge in [-0.15, -0.1) is 0 Å². The Morgan fingerprint density at radius 3 is 2.50 bits per heavy atom. The first-order valence-electron chi connectivity index (χ1n) is 4.61. The number of Topliss-reactive ketones (excluding diaryl/α,β-unsaturated/α-hetero) is 1. The van der Waals surface area contributed by atoms with Crippen molar-refractivity contribution >= 4 is 23.4 Å². The lowest BCUT2D eigenvalue weighted by Crippen LogP contribution is -2.23. The molecule has 4 nitrogen and oxygen atoms in total. The standard InChI is InChI=1S/C11H11ClO4/c1-6(13)8-3-4-10(9(12)5-8)16-7(2)11(14)15/h3-5,7H,1-2H3,(H,14,15). The van der Waals surface area contributed by atoms with Crippen LogP contribution in [0, 0.1) is 0 Å². The Balaban J connectivity index is 2.91. The number of rotatable bonds is 4. The Bertz CT molecular complexity index is 428. The van der Waals surface area contributed by atoms with Crippen molar-refractivity contribution < 1.29 is 19.4 Å². The number of carboxylic acid groups (broad SMARTS) is 1. The highest BCUT2D eigenvalue weighted by Gasteiger charge is 2.14. The number of hydrogen-bond donors (Lipinski definition) is 1. The van der Waals surface area contributed by atoms with Gasteiger partial charge in [0, 0.05) is 5.56 Å². The van der Waals surface area contributed by atoms with E-state index in [0.717, 1.165) is 0 Å². The molecule has 0 radical (unpaired) electrons. The monoisotopic (exact) mass is 242 g/mol. The maximum atomic E-state index is 11.0. The second-order valence-corrected chi connectivity index (χ2v) is 3.71. The van der Waals surface area contributed by atoms with Crippen molar-refractivity contribution in [3.8, 4) is 5.75 Å². The minimum absolute atomic E-state index is 0.111. The van der Waals surface area contributed by atoms with Crippen LogP contribution in [-0.2, 0) is 4.79 Å². The number of hydrogen-bond acceptors (Lipinski definition) is 3. The fraction of sp³-hybridized carbons (Fsp3) is 0.273. The Morgan fingerprint density at radius 1 is 1.44 bits per heavy atom. The minimum Gasteiger partial charge on any atom is -0.479 e. The SMILES string of the molecule is CC(=O)c1ccc(OC(C)C(=O)O)c(Cl)c1. The molecule has 0 aliphatic heterocycles. The van der Waals surface area contributed by atoms with Gasteiger partial charge in [0.2, 0.25) is 0 Å². The molecule has 1 atom stereocenters. The molecule has 16 heavy (non-hydrogen) atoms. The van der Waals surface area contributed by atoms with Crippen molar-refractivity contribution in [2.75, 3.05) is 0 Å². The van der Waals surface area contributed by atoms with Gasteiger partial charge in [0.15, 0.2) is 11.9 Å². The number of carboxylic acids is 1. The van der Waals surface area contributed by atoms with Gasteiger partial charge >= 0.3 is 5.97 Å². The summed E-state index contributed by atoms with van der Waals surface area (Å²) < 4.78 is 5.10. The van der Waals surface area contributed by atoms with E-state index >= 15 is 0 Å². The predicted molar refractivity (Wildman–Crippen MR) is 59.2 cm³/mol. The van der Waals surface area contributed by atoms with Gasteiger partial charge in [0.05, 0.1) is 5.02 Å². The summed E-state index contributed by atoms with van der Waals surface area (Å²) in [6, 6.07) is 4.48. The third-order valence-corrected chi connectivity index (χ3v) is 2.29. The van der Waals surface area contributed by atoms with Crippen LogP contribution in [0.1, 0.15) is 24.2 Å². The summed E-state index contributed by atoms with van der Waals surface area (Å²) in [6.45, 7) is 2.82. The molecule has 0 saturated heterocycles. The van der Waals surface area contributed by atoms with Gasteiger partial charge in [-0.1, -0.05) is 11.6 Å². The molecule has 1 N–H and O–H groups in total. The van der Waals surface area contributed by atoms with E-state index < -0.39 is 12.1 Å². The first-order chi connectivity index (χ1) is 7.41. The smallest absolute Gasteiger partial charge is 0.344 e. The number of carbonyl (C=O) groups is 2. The van der Waals surface area contributed by atoms with E-state index in [0.29, 0.717) is 5.56 Å². The van der Waals surface area contributed by atoms with Crippen LogP contribution in [0.25, 0.3) is 0 Å². The Labute approximate surface area is 97.8 Å². The van der Waals surface area contributed by atoms with Gasteiger partial charge in [-0.3, -0.25) is 4.79 Å². The van der Waals surface area contributed by atoms with E-state index in [4.69, 9.17) is 21.4 Å². The molecule has 1 aromatic rings. The third kappa shape index (κ3) is 2.97. The van der Waals surface area contributed by atoms with Crippen molar-refractivity contribution in [3.05, 3.63) is 28.8 Å². The number of benzene rings is 1. The summed E-state index contributed by atoms with van der Waals surface area (Å²) in [7, 11) is 0. The van der Waals surface area contributed by atoms with E-state index in [1.165, 1.54) is 32.0 Å². The summed E-state index contributed by atoms with van der Waals surface area (Å²) in [5, 5.41) is 8.88. The highest BCUT2D eigenvalue weighted by molar-refractivity contribution is 6.32. The molecule has 0 amide bonds. The van der Waals surface area contributed by atoms with Crippen molar-refractivity contribution in [2.45, 2.75) is 20.0 Å². The largest absolute Gasteiger partial charge is 0.479 e. The molecule has 0 spiro atoms. The van der Waals surface area contributed by atoms with Crippen molar-refractivity contribution in [3.63, 3.8) is 0 Å². The van der Waals surface area contributed by atoms with Crippen LogP contribution in [0.15, 0.2) is 18.2 Å². The van der Waals surface area contributed by atoms with E-state index in [2.05, 4.69) is 0 Å². The minimum atomic E-state index is -1.08. The first-order valence-corrected chi connectivity index (χ1v) is 4.99. The normalized spacial score (nSPS) is 11.9. The Kier molecular flexibility index (Phi) is 3.90. The van der Waals surface area contributed by atoms with Crippen LogP contribution in [0.4, 0.5) is 0 Å². The lowest BCUT2D eigenvalue weighted by molar-refractivity contribution is -0.144. The summed E-state index contributed by atoms with van der Waals surface area (Å²) >= 11 is 5.85. The van der Waals surface area contributed by atoms with Gasteiger partial charge in [-0.2, -0.15) is 0 Å². The maximum Gasteiger partial charge on any atom is 0.344 e. The summed E-state index contributed by atoms with van der Waals surface area (Å²) in [5.74, 6) is -0.937. The van der Waals surface area contributed by atoms with Crippen LogP contribution in [0.5, 0.6) is 5.75 Å². The molecule has 1 aromatic carbocycles. The maximum absolute atomic E-state index is 11.0. The van der Waals surface area contributed by atoms with E-state index in [9.17, 15) is 9.59 Å². The van der Waals surface area contributed by atoms with Crippen molar-refractivity contribution in [1.29, 1.82) is 0 Å². The Hall–Kier alpha value is -1.55. The number of halogens is 1. The fourth-order valence-electron chi connectivity index (χ4n) is 1.06. The summed E-state index contributed by atoms with van der Waals surface area (Å²) in [6.07, 6.45) is -0.985. The van der Waals surface area contributed by atoms with E-state index in [1.807, 2.05) is 0 Å². The third-order valence-electron chi connectivity index (χ3n) is 1.99. The van der Waals surface area contributed by atoms with Crippen molar-refractivity contribution in [1.82, 2.24) is 0 Å². The molecular weight excluding hydrogens is 232 g/mol. The fourth-order valence-corrected chi connectivity index (χ4v) is 1.28. The number of ether oxygens (including phenoxy) is 1. The van der Waals surface area contributed by atoms with Crippen LogP contribution in [-0.4, -0.2) is 23.0 Å². The van der Waals surface area contributed by atoms with E-state index in [-0.39, 0.29) is 16.6 Å². The average Bonchev–Trinajstić information content (AvgIpc) is 2.20. The van der Waals surface area contributed by atoms with Crippen LogP contribution in [0.2, 0.25) is 5.02 Å². The van der Waals surface area contributed by atoms with Gasteiger partial charge in [0.25, 0.3) is 0 Å². The zero-order valence-corrected chi connectivity index (χ0v) is 9.62. The molecule has 1 unspecified atom stereocenters. The van der Waals surface area contributed by atoms with Gasteiger partial charge in [-0.25, -0.2) is 4.79 Å². The van der Waals surface area contributed by atoms with Crippen molar-refractivity contribution in [2.24, 2.45) is 0 Å². The summed E-state index contributed by atoms with van der Waals surface area (Å²) in [4.78, 5) is 21.6. The van der Waals surface area contributed by atoms with E-state index in [1.54, 1.807) is 0 Å². The Morgan fingerprint density at radius 2 is 2.06 bits per heavy atom. The molecule has 0 fully saturated rings. The quantitative estimate of drug-likeness (QED) is 0.824. The zero-order chi connectivity index (χ0) is 12.3. The molecule has 0 bridgehead atoms. The van der Waals surface area contributed by atoms with Gasteiger partial charge in [-0.05, 0) is 32.0 Å². The zero-order valence-electron chi connectivity index (χ0n) is 8.86. The molecule has 0 heterocycles. The number of ketones is 1. The molecule has 5 heteroatoms.